The van der Waals surface area contributed by atoms with Crippen LogP contribution in [0, 0.1) is 11.7 Å². The Morgan fingerprint density at radius 1 is 1.25 bits per heavy atom. The van der Waals surface area contributed by atoms with E-state index in [1.165, 1.54) is 22.4 Å². The predicted octanol–water partition coefficient (Wildman–Crippen LogP) is 3.26. The molecule has 0 aliphatic heterocycles. The zero-order valence-corrected chi connectivity index (χ0v) is 10.0. The molecule has 1 atom stereocenters. The van der Waals surface area contributed by atoms with Gasteiger partial charge in [-0.05, 0) is 43.1 Å². The highest BCUT2D eigenvalue weighted by Gasteiger charge is 2.23. The van der Waals surface area contributed by atoms with Crippen molar-refractivity contribution in [2.75, 3.05) is 0 Å². The van der Waals surface area contributed by atoms with Crippen molar-refractivity contribution in [3.8, 4) is 0 Å². The Hall–Kier alpha value is -1.35. The summed E-state index contributed by atoms with van der Waals surface area (Å²) in [6.45, 7) is 2.15. The van der Waals surface area contributed by atoms with Gasteiger partial charge in [0.25, 0.3) is 0 Å². The van der Waals surface area contributed by atoms with Gasteiger partial charge in [0.2, 0.25) is 0 Å². The molecule has 2 nitrogen and oxygen atoms in total. The summed E-state index contributed by atoms with van der Waals surface area (Å²) in [4.78, 5) is 6.27. The van der Waals surface area contributed by atoms with Crippen LogP contribution in [0.4, 0.5) is 0 Å². The fourth-order valence-electron chi connectivity index (χ4n) is 2.53. The second-order valence-electron chi connectivity index (χ2n) is 4.58. The summed E-state index contributed by atoms with van der Waals surface area (Å²) < 4.78 is 0.724. The van der Waals surface area contributed by atoms with E-state index < -0.39 is 0 Å². The molecule has 0 saturated heterocycles. The first kappa shape index (κ1) is 9.85. The number of fused-ring (bicyclic) bond motifs is 1. The maximum Gasteiger partial charge on any atom is 0.174 e. The van der Waals surface area contributed by atoms with Crippen LogP contribution in [0.5, 0.6) is 0 Å². The van der Waals surface area contributed by atoms with Crippen molar-refractivity contribution in [2.45, 2.75) is 25.7 Å². The monoisotopic (exact) mass is 230 g/mol. The molecule has 16 heavy (non-hydrogen) atoms. The van der Waals surface area contributed by atoms with E-state index in [-0.39, 0.29) is 0 Å². The zero-order valence-electron chi connectivity index (χ0n) is 9.21. The highest BCUT2D eigenvalue weighted by Crippen LogP contribution is 2.33. The largest absolute Gasteiger partial charge is 0.337 e. The van der Waals surface area contributed by atoms with Crippen molar-refractivity contribution >= 4 is 12.2 Å². The van der Waals surface area contributed by atoms with Crippen molar-refractivity contribution in [2.24, 2.45) is 0 Å². The number of imidazole rings is 1. The summed E-state index contributed by atoms with van der Waals surface area (Å²) >= 11 is 5.06. The molecule has 0 spiro atoms. The molecule has 1 heterocycles. The summed E-state index contributed by atoms with van der Waals surface area (Å²) in [7, 11) is 0. The molecular weight excluding hydrogens is 216 g/mol. The van der Waals surface area contributed by atoms with E-state index >= 15 is 0 Å². The minimum atomic E-state index is 0.560. The quantitative estimate of drug-likeness (QED) is 0.724. The summed E-state index contributed by atoms with van der Waals surface area (Å²) in [6, 6.07) is 6.75. The number of hydrogen-bond acceptors (Lipinski definition) is 1. The van der Waals surface area contributed by atoms with E-state index in [2.05, 4.69) is 35.1 Å². The van der Waals surface area contributed by atoms with Gasteiger partial charge in [0.05, 0.1) is 0 Å². The smallest absolute Gasteiger partial charge is 0.174 e. The topological polar surface area (TPSA) is 31.6 Å². The van der Waals surface area contributed by atoms with Gasteiger partial charge in [-0.3, -0.25) is 0 Å². The molecule has 1 aromatic carbocycles. The standard InChI is InChI=1S/C13H14N2S/c1-8-2-3-9-5-11(6-10(9)4-8)12-7-14-13(16)15-12/h2-4,7,11H,5-6H2,1H3,(H2,14,15,16)/t11-/m1/s1. The summed E-state index contributed by atoms with van der Waals surface area (Å²) in [5.41, 5.74) is 5.56. The Labute approximate surface area is 99.7 Å². The Balaban J connectivity index is 1.93. The van der Waals surface area contributed by atoms with Gasteiger partial charge >= 0.3 is 0 Å². The third kappa shape index (κ3) is 1.61. The molecule has 0 radical (unpaired) electrons. The third-order valence-electron chi connectivity index (χ3n) is 3.35. The number of aromatic nitrogens is 2. The second kappa shape index (κ2) is 3.59. The molecular formula is C13H14N2S. The first-order valence-corrected chi connectivity index (χ1v) is 5.99. The minimum Gasteiger partial charge on any atom is -0.337 e. The summed E-state index contributed by atoms with van der Waals surface area (Å²) in [5, 5.41) is 0. The fourth-order valence-corrected chi connectivity index (χ4v) is 2.71. The molecule has 0 fully saturated rings. The first-order chi connectivity index (χ1) is 7.72. The Morgan fingerprint density at radius 3 is 2.81 bits per heavy atom. The van der Waals surface area contributed by atoms with Crippen LogP contribution < -0.4 is 0 Å². The molecule has 82 valence electrons. The summed E-state index contributed by atoms with van der Waals surface area (Å²) in [6.07, 6.45) is 4.25. The number of aromatic amines is 2. The second-order valence-corrected chi connectivity index (χ2v) is 4.98. The van der Waals surface area contributed by atoms with Crippen LogP contribution in [0.15, 0.2) is 24.4 Å². The molecule has 1 aromatic heterocycles. The molecule has 1 aliphatic carbocycles. The van der Waals surface area contributed by atoms with Gasteiger partial charge in [-0.25, -0.2) is 0 Å². The SMILES string of the molecule is Cc1ccc2c(c1)C[C@H](c1c[nH]c(=S)[nH]1)C2. The van der Waals surface area contributed by atoms with E-state index in [0.29, 0.717) is 5.92 Å². The number of benzene rings is 1. The number of H-pyrrole nitrogens is 2. The van der Waals surface area contributed by atoms with Crippen LogP contribution in [0.2, 0.25) is 0 Å². The molecule has 3 heteroatoms. The maximum atomic E-state index is 5.06. The van der Waals surface area contributed by atoms with E-state index in [0.717, 1.165) is 17.6 Å². The Morgan fingerprint density at radius 2 is 2.06 bits per heavy atom. The number of hydrogen-bond donors (Lipinski definition) is 2. The molecule has 2 aromatic rings. The van der Waals surface area contributed by atoms with Crippen LogP contribution in [-0.4, -0.2) is 9.97 Å². The van der Waals surface area contributed by atoms with Gasteiger partial charge in [0.1, 0.15) is 0 Å². The Kier molecular flexibility index (Phi) is 2.21. The third-order valence-corrected chi connectivity index (χ3v) is 3.57. The highest BCUT2D eigenvalue weighted by molar-refractivity contribution is 7.71. The minimum absolute atomic E-state index is 0.560. The normalized spacial score (nSPS) is 18.7. The number of aryl methyl sites for hydroxylation is 1. The van der Waals surface area contributed by atoms with Crippen LogP contribution >= 0.6 is 12.2 Å². The van der Waals surface area contributed by atoms with Crippen LogP contribution in [0.3, 0.4) is 0 Å². The van der Waals surface area contributed by atoms with Gasteiger partial charge in [-0.15, -0.1) is 0 Å². The lowest BCUT2D eigenvalue weighted by Gasteiger charge is -2.04. The Bertz CT molecular complexity index is 580. The average Bonchev–Trinajstić information content (AvgIpc) is 2.83. The average molecular weight is 230 g/mol. The molecule has 3 rings (SSSR count). The van der Waals surface area contributed by atoms with E-state index in [9.17, 15) is 0 Å². The number of rotatable bonds is 1. The van der Waals surface area contributed by atoms with Crippen molar-refractivity contribution in [3.05, 3.63) is 51.6 Å². The first-order valence-electron chi connectivity index (χ1n) is 5.58. The molecule has 0 saturated carbocycles. The van der Waals surface area contributed by atoms with E-state index in [1.807, 2.05) is 6.20 Å². The predicted molar refractivity (Wildman–Crippen MR) is 67.3 cm³/mol. The van der Waals surface area contributed by atoms with E-state index in [1.54, 1.807) is 0 Å². The lowest BCUT2D eigenvalue weighted by molar-refractivity contribution is 0.719. The van der Waals surface area contributed by atoms with Crippen molar-refractivity contribution in [1.82, 2.24) is 9.97 Å². The molecule has 0 amide bonds. The highest BCUT2D eigenvalue weighted by atomic mass is 32.1. The van der Waals surface area contributed by atoms with Crippen LogP contribution in [0.25, 0.3) is 0 Å². The van der Waals surface area contributed by atoms with Gasteiger partial charge in [-0.2, -0.15) is 0 Å². The van der Waals surface area contributed by atoms with Crippen LogP contribution in [-0.2, 0) is 12.8 Å². The lowest BCUT2D eigenvalue weighted by atomic mass is 10.0. The summed E-state index contributed by atoms with van der Waals surface area (Å²) in [5.74, 6) is 0.560. The fraction of sp³-hybridized carbons (Fsp3) is 0.308. The van der Waals surface area contributed by atoms with Crippen molar-refractivity contribution in [3.63, 3.8) is 0 Å². The van der Waals surface area contributed by atoms with Gasteiger partial charge < -0.3 is 9.97 Å². The lowest BCUT2D eigenvalue weighted by Crippen LogP contribution is -1.97. The van der Waals surface area contributed by atoms with E-state index in [4.69, 9.17) is 12.2 Å². The molecule has 0 bridgehead atoms. The molecule has 1 aliphatic rings. The van der Waals surface area contributed by atoms with Gasteiger partial charge in [0, 0.05) is 17.8 Å². The van der Waals surface area contributed by atoms with Gasteiger partial charge in [-0.1, -0.05) is 23.8 Å². The molecule has 2 N–H and O–H groups in total. The zero-order chi connectivity index (χ0) is 11.1. The van der Waals surface area contributed by atoms with Crippen molar-refractivity contribution in [1.29, 1.82) is 0 Å². The molecule has 0 unspecified atom stereocenters. The maximum absolute atomic E-state index is 5.06. The van der Waals surface area contributed by atoms with Crippen molar-refractivity contribution < 1.29 is 0 Å². The van der Waals surface area contributed by atoms with Crippen LogP contribution in [0.1, 0.15) is 28.3 Å². The van der Waals surface area contributed by atoms with Gasteiger partial charge in [0.15, 0.2) is 4.77 Å². The number of nitrogens with one attached hydrogen (secondary N) is 2.